The molecule has 6 heteroatoms. The molecule has 2 aromatic carbocycles. The highest BCUT2D eigenvalue weighted by Crippen LogP contribution is 2.29. The van der Waals surface area contributed by atoms with Gasteiger partial charge in [0.1, 0.15) is 5.69 Å². The highest BCUT2D eigenvalue weighted by Gasteiger charge is 2.25. The number of rotatable bonds is 2. The van der Waals surface area contributed by atoms with Gasteiger partial charge in [0.15, 0.2) is 23.3 Å². The van der Waals surface area contributed by atoms with E-state index >= 15 is 0 Å². The molecule has 0 heterocycles. The van der Waals surface area contributed by atoms with E-state index in [1.807, 2.05) is 0 Å². The molecule has 0 aliphatic rings. The van der Waals surface area contributed by atoms with Gasteiger partial charge in [0.2, 0.25) is 5.82 Å². The first-order valence-corrected chi connectivity index (χ1v) is 5.55. The maximum atomic E-state index is 13.5. The van der Waals surface area contributed by atoms with Crippen LogP contribution in [-0.4, -0.2) is 5.71 Å². The highest BCUT2D eigenvalue weighted by molar-refractivity contribution is 6.00. The van der Waals surface area contributed by atoms with E-state index in [0.29, 0.717) is 5.56 Å². The first-order chi connectivity index (χ1) is 9.43. The number of nitrogens with zero attached hydrogens (tertiary/aromatic N) is 1. The molecule has 0 atom stereocenters. The van der Waals surface area contributed by atoms with Gasteiger partial charge in [-0.15, -0.1) is 0 Å². The SMILES string of the molecule is CC(=Nc1c(F)c(F)c(F)c(F)c1F)c1ccccc1. The van der Waals surface area contributed by atoms with Crippen LogP contribution in [0.1, 0.15) is 12.5 Å². The monoisotopic (exact) mass is 285 g/mol. The van der Waals surface area contributed by atoms with Crippen molar-refractivity contribution >= 4 is 11.4 Å². The molecule has 0 saturated carbocycles. The van der Waals surface area contributed by atoms with Crippen LogP contribution in [0.15, 0.2) is 35.3 Å². The van der Waals surface area contributed by atoms with Crippen LogP contribution < -0.4 is 0 Å². The molecule has 0 unspecified atom stereocenters. The normalized spacial score (nSPS) is 11.8. The minimum absolute atomic E-state index is 0.133. The lowest BCUT2D eigenvalue weighted by molar-refractivity contribution is 0.381. The van der Waals surface area contributed by atoms with Crippen LogP contribution in [0, 0.1) is 29.1 Å². The minimum Gasteiger partial charge on any atom is -0.247 e. The number of hydrogen-bond donors (Lipinski definition) is 0. The highest BCUT2D eigenvalue weighted by atomic mass is 19.2. The molecule has 0 N–H and O–H groups in total. The van der Waals surface area contributed by atoms with Crippen molar-refractivity contribution in [2.45, 2.75) is 6.92 Å². The number of halogens is 5. The summed E-state index contributed by atoms with van der Waals surface area (Å²) in [6, 6.07) is 8.24. The fraction of sp³-hybridized carbons (Fsp3) is 0.0714. The van der Waals surface area contributed by atoms with Crippen LogP contribution in [0.25, 0.3) is 0 Å². The van der Waals surface area contributed by atoms with Gasteiger partial charge in [0.05, 0.1) is 0 Å². The zero-order valence-electron chi connectivity index (χ0n) is 10.2. The molecule has 0 aliphatic carbocycles. The molecule has 1 nitrogen and oxygen atoms in total. The van der Waals surface area contributed by atoms with Crippen molar-refractivity contribution in [2.75, 3.05) is 0 Å². The van der Waals surface area contributed by atoms with Crippen molar-refractivity contribution in [3.8, 4) is 0 Å². The summed E-state index contributed by atoms with van der Waals surface area (Å²) in [5.41, 5.74) is -0.548. The second-order valence-electron chi connectivity index (χ2n) is 3.98. The molecule has 0 fully saturated rings. The van der Waals surface area contributed by atoms with E-state index in [2.05, 4.69) is 4.99 Å². The third kappa shape index (κ3) is 2.41. The van der Waals surface area contributed by atoms with Gasteiger partial charge in [0, 0.05) is 5.71 Å². The summed E-state index contributed by atoms with van der Waals surface area (Å²) in [4.78, 5) is 3.51. The summed E-state index contributed by atoms with van der Waals surface area (Å²) in [6.45, 7) is 1.41. The van der Waals surface area contributed by atoms with Gasteiger partial charge in [-0.05, 0) is 12.5 Å². The van der Waals surface area contributed by atoms with E-state index in [0.717, 1.165) is 0 Å². The van der Waals surface area contributed by atoms with Crippen LogP contribution in [0.3, 0.4) is 0 Å². The molecular weight excluding hydrogens is 277 g/mol. The molecule has 0 spiro atoms. The molecule has 0 radical (unpaired) electrons. The Morgan fingerprint density at radius 3 is 1.70 bits per heavy atom. The van der Waals surface area contributed by atoms with Crippen molar-refractivity contribution in [2.24, 2.45) is 4.99 Å². The first-order valence-electron chi connectivity index (χ1n) is 5.55. The second-order valence-corrected chi connectivity index (χ2v) is 3.98. The third-order valence-electron chi connectivity index (χ3n) is 2.66. The van der Waals surface area contributed by atoms with Crippen LogP contribution in [0.4, 0.5) is 27.6 Å². The van der Waals surface area contributed by atoms with Crippen LogP contribution in [-0.2, 0) is 0 Å². The maximum Gasteiger partial charge on any atom is 0.200 e. The molecule has 0 aromatic heterocycles. The molecule has 2 rings (SSSR count). The molecule has 0 amide bonds. The van der Waals surface area contributed by atoms with Gasteiger partial charge in [-0.2, -0.15) is 0 Å². The molecule has 0 aliphatic heterocycles. The topological polar surface area (TPSA) is 12.4 Å². The van der Waals surface area contributed by atoms with E-state index in [-0.39, 0.29) is 5.71 Å². The van der Waals surface area contributed by atoms with Gasteiger partial charge in [-0.25, -0.2) is 26.9 Å². The van der Waals surface area contributed by atoms with E-state index in [1.54, 1.807) is 30.3 Å². The molecule has 0 saturated heterocycles. The van der Waals surface area contributed by atoms with Crippen molar-refractivity contribution < 1.29 is 22.0 Å². The average molecular weight is 285 g/mol. The Morgan fingerprint density at radius 1 is 0.750 bits per heavy atom. The van der Waals surface area contributed by atoms with Crippen LogP contribution >= 0.6 is 0 Å². The summed E-state index contributed by atoms with van der Waals surface area (Å²) in [6.07, 6.45) is 0. The van der Waals surface area contributed by atoms with E-state index in [4.69, 9.17) is 0 Å². The average Bonchev–Trinajstić information content (AvgIpc) is 2.48. The van der Waals surface area contributed by atoms with Gasteiger partial charge in [0.25, 0.3) is 0 Å². The van der Waals surface area contributed by atoms with Crippen LogP contribution in [0.5, 0.6) is 0 Å². The fourth-order valence-electron chi connectivity index (χ4n) is 1.60. The van der Waals surface area contributed by atoms with E-state index in [9.17, 15) is 22.0 Å². The number of benzene rings is 2. The lowest BCUT2D eigenvalue weighted by atomic mass is 10.1. The smallest absolute Gasteiger partial charge is 0.200 e. The molecule has 20 heavy (non-hydrogen) atoms. The van der Waals surface area contributed by atoms with Gasteiger partial charge in [-0.3, -0.25) is 0 Å². The Kier molecular flexibility index (Phi) is 3.83. The number of aliphatic imine (C=N–C) groups is 1. The summed E-state index contributed by atoms with van der Waals surface area (Å²) in [5.74, 6) is -10.1. The largest absolute Gasteiger partial charge is 0.247 e. The van der Waals surface area contributed by atoms with E-state index in [1.165, 1.54) is 6.92 Å². The summed E-state index contributed by atoms with van der Waals surface area (Å²) < 4.78 is 65.8. The Bertz CT molecular complexity index is 651. The Labute approximate surface area is 111 Å². The number of hydrogen-bond acceptors (Lipinski definition) is 1. The lowest BCUT2D eigenvalue weighted by Crippen LogP contribution is -2.02. The molecule has 2 aromatic rings. The predicted octanol–water partition coefficient (Wildman–Crippen LogP) is 4.52. The quantitative estimate of drug-likeness (QED) is 0.333. The molecular formula is C14H8F5N. The first kappa shape index (κ1) is 14.2. The summed E-state index contributed by atoms with van der Waals surface area (Å²) >= 11 is 0. The summed E-state index contributed by atoms with van der Waals surface area (Å²) in [5, 5.41) is 0. The minimum atomic E-state index is -2.20. The maximum absolute atomic E-state index is 13.5. The zero-order chi connectivity index (χ0) is 14.9. The molecule has 0 bridgehead atoms. The zero-order valence-corrected chi connectivity index (χ0v) is 10.2. The van der Waals surface area contributed by atoms with Gasteiger partial charge in [-0.1, -0.05) is 30.3 Å². The Balaban J connectivity index is 2.60. The third-order valence-corrected chi connectivity index (χ3v) is 2.66. The van der Waals surface area contributed by atoms with Crippen molar-refractivity contribution in [3.05, 3.63) is 65.0 Å². The van der Waals surface area contributed by atoms with Gasteiger partial charge < -0.3 is 0 Å². The standard InChI is InChI=1S/C14H8F5N/c1-7(8-5-3-2-4-6-8)20-14-12(18)10(16)9(15)11(17)13(14)19/h2-6H,1H3. The predicted molar refractivity (Wildman–Crippen MR) is 64.5 cm³/mol. The van der Waals surface area contributed by atoms with Crippen molar-refractivity contribution in [1.82, 2.24) is 0 Å². The van der Waals surface area contributed by atoms with Gasteiger partial charge >= 0.3 is 0 Å². The van der Waals surface area contributed by atoms with Crippen molar-refractivity contribution in [1.29, 1.82) is 0 Å². The Hall–Kier alpha value is -2.24. The lowest BCUT2D eigenvalue weighted by Gasteiger charge is -2.06. The molecule has 104 valence electrons. The van der Waals surface area contributed by atoms with Crippen molar-refractivity contribution in [3.63, 3.8) is 0 Å². The van der Waals surface area contributed by atoms with Crippen LogP contribution in [0.2, 0.25) is 0 Å². The summed E-state index contributed by atoms with van der Waals surface area (Å²) in [7, 11) is 0. The van der Waals surface area contributed by atoms with E-state index < -0.39 is 34.8 Å². The second kappa shape index (κ2) is 5.40. The Morgan fingerprint density at radius 2 is 1.20 bits per heavy atom. The fourth-order valence-corrected chi connectivity index (χ4v) is 1.60.